The minimum atomic E-state index is -4.78. The molecule has 1 fully saturated rings. The molecule has 0 amide bonds. The fourth-order valence-electron chi connectivity index (χ4n) is 1.65. The van der Waals surface area contributed by atoms with E-state index in [0.717, 1.165) is 0 Å². The number of rotatable bonds is 6. The largest absolute Gasteiger partial charge is 0.397 e. The summed E-state index contributed by atoms with van der Waals surface area (Å²) >= 11 is 0. The maximum absolute atomic E-state index is 10.7. The van der Waals surface area contributed by atoms with Gasteiger partial charge in [-0.2, -0.15) is 16.8 Å². The summed E-state index contributed by atoms with van der Waals surface area (Å²) in [5.41, 5.74) is 0. The highest BCUT2D eigenvalue weighted by Crippen LogP contribution is 2.22. The van der Waals surface area contributed by atoms with Gasteiger partial charge in [-0.25, -0.2) is 8.37 Å². The first-order chi connectivity index (χ1) is 8.62. The smallest absolute Gasteiger partial charge is 0.379 e. The number of hydrogen-bond donors (Lipinski definition) is 2. The second kappa shape index (κ2) is 6.41. The van der Waals surface area contributed by atoms with Gasteiger partial charge >= 0.3 is 20.8 Å². The van der Waals surface area contributed by atoms with Gasteiger partial charge < -0.3 is 9.47 Å². The second-order valence-electron chi connectivity index (χ2n) is 3.67. The van der Waals surface area contributed by atoms with Gasteiger partial charge in [0.1, 0.15) is 12.2 Å². The molecule has 0 aromatic carbocycles. The van der Waals surface area contributed by atoms with Crippen LogP contribution in [0.5, 0.6) is 0 Å². The van der Waals surface area contributed by atoms with Crippen LogP contribution in [0.3, 0.4) is 0 Å². The van der Waals surface area contributed by atoms with E-state index >= 15 is 0 Å². The molecule has 1 rings (SSSR count). The molecular weight excluding hydrogens is 308 g/mol. The first-order valence-electron chi connectivity index (χ1n) is 5.04. The van der Waals surface area contributed by atoms with Gasteiger partial charge in [0.25, 0.3) is 0 Å². The average molecular weight is 322 g/mol. The van der Waals surface area contributed by atoms with Crippen LogP contribution in [-0.4, -0.2) is 64.6 Å². The predicted molar refractivity (Wildman–Crippen MR) is 59.1 cm³/mol. The van der Waals surface area contributed by atoms with E-state index < -0.39 is 45.7 Å². The highest BCUT2D eigenvalue weighted by atomic mass is 32.3. The fourth-order valence-corrected chi connectivity index (χ4v) is 2.48. The maximum atomic E-state index is 10.7. The lowest BCUT2D eigenvalue weighted by atomic mass is 10.0. The molecule has 1 aliphatic rings. The average Bonchev–Trinajstić information content (AvgIpc) is 2.24. The zero-order valence-electron chi connectivity index (χ0n) is 9.83. The monoisotopic (exact) mass is 322 g/mol. The molecule has 0 spiro atoms. The highest BCUT2D eigenvalue weighted by molar-refractivity contribution is 7.81. The summed E-state index contributed by atoms with van der Waals surface area (Å²) < 4.78 is 78.0. The highest BCUT2D eigenvalue weighted by Gasteiger charge is 2.39. The Bertz CT molecular complexity index is 482. The minimum Gasteiger partial charge on any atom is -0.379 e. The Morgan fingerprint density at radius 2 is 1.84 bits per heavy atom. The first-order valence-corrected chi connectivity index (χ1v) is 7.77. The molecule has 2 N–H and O–H groups in total. The van der Waals surface area contributed by atoms with Crippen molar-refractivity contribution >= 4 is 20.8 Å². The molecule has 0 aromatic heterocycles. The van der Waals surface area contributed by atoms with Crippen molar-refractivity contribution in [2.24, 2.45) is 0 Å². The summed E-state index contributed by atoms with van der Waals surface area (Å²) in [7, 11) is -8.20. The standard InChI is InChI=1S/C7H14O10S2/c1-14-5-2-3-15-6(4-16-18(8,9)10)7(5)17-19(11,12)13/h5-7H,2-4H2,1H3,(H,8,9,10)(H,11,12,13)/t5-,6-,7?/m1/s1. The van der Waals surface area contributed by atoms with Gasteiger partial charge in [-0.3, -0.25) is 9.11 Å². The Hall–Kier alpha value is -0.340. The quantitative estimate of drug-likeness (QED) is 0.571. The zero-order valence-corrected chi connectivity index (χ0v) is 11.5. The van der Waals surface area contributed by atoms with Crippen molar-refractivity contribution in [3.8, 4) is 0 Å². The van der Waals surface area contributed by atoms with Crippen LogP contribution in [0.4, 0.5) is 0 Å². The van der Waals surface area contributed by atoms with Gasteiger partial charge in [0.15, 0.2) is 0 Å². The SMILES string of the molecule is CO[C@@H]1CCO[C@H](COS(=O)(=O)O)C1OS(=O)(=O)O. The molecule has 0 radical (unpaired) electrons. The van der Waals surface area contributed by atoms with Crippen LogP contribution in [0, 0.1) is 0 Å². The molecular formula is C7H14O10S2. The second-order valence-corrected chi connectivity index (χ2v) is 5.81. The normalized spacial score (nSPS) is 29.3. The molecule has 0 saturated carbocycles. The Morgan fingerprint density at radius 1 is 1.21 bits per heavy atom. The van der Waals surface area contributed by atoms with E-state index in [2.05, 4.69) is 8.37 Å². The van der Waals surface area contributed by atoms with Gasteiger partial charge in [-0.05, 0) is 6.42 Å². The van der Waals surface area contributed by atoms with Crippen LogP contribution in [-0.2, 0) is 38.6 Å². The van der Waals surface area contributed by atoms with E-state index in [0.29, 0.717) is 0 Å². The Balaban J connectivity index is 2.79. The lowest BCUT2D eigenvalue weighted by Crippen LogP contribution is -2.50. The third-order valence-electron chi connectivity index (χ3n) is 2.38. The zero-order chi connectivity index (χ0) is 14.7. The molecule has 114 valence electrons. The summed E-state index contributed by atoms with van der Waals surface area (Å²) in [6.45, 7) is -0.539. The maximum Gasteiger partial charge on any atom is 0.397 e. The summed E-state index contributed by atoms with van der Waals surface area (Å²) in [5, 5.41) is 0. The summed E-state index contributed by atoms with van der Waals surface area (Å²) in [5.74, 6) is 0. The number of hydrogen-bond acceptors (Lipinski definition) is 8. The Labute approximate surface area is 110 Å². The first kappa shape index (κ1) is 16.7. The Kier molecular flexibility index (Phi) is 5.64. The van der Waals surface area contributed by atoms with Gasteiger partial charge in [0, 0.05) is 13.7 Å². The van der Waals surface area contributed by atoms with Crippen molar-refractivity contribution in [2.45, 2.75) is 24.7 Å². The Morgan fingerprint density at radius 3 is 2.32 bits per heavy atom. The molecule has 12 heteroatoms. The van der Waals surface area contributed by atoms with Crippen molar-refractivity contribution < 1.29 is 43.8 Å². The molecule has 1 heterocycles. The summed E-state index contributed by atoms with van der Waals surface area (Å²) in [4.78, 5) is 0. The third-order valence-corrected chi connectivity index (χ3v) is 3.28. The van der Waals surface area contributed by atoms with Crippen molar-refractivity contribution in [1.29, 1.82) is 0 Å². The van der Waals surface area contributed by atoms with E-state index in [9.17, 15) is 16.8 Å². The molecule has 1 aliphatic heterocycles. The van der Waals surface area contributed by atoms with Crippen LogP contribution in [0.25, 0.3) is 0 Å². The fraction of sp³-hybridized carbons (Fsp3) is 1.00. The molecule has 0 bridgehead atoms. The van der Waals surface area contributed by atoms with Crippen LogP contribution < -0.4 is 0 Å². The van der Waals surface area contributed by atoms with E-state index in [-0.39, 0.29) is 13.0 Å². The number of methoxy groups -OCH3 is 1. The van der Waals surface area contributed by atoms with Crippen molar-refractivity contribution in [1.82, 2.24) is 0 Å². The molecule has 0 aromatic rings. The molecule has 10 nitrogen and oxygen atoms in total. The lowest BCUT2D eigenvalue weighted by molar-refractivity contribution is -0.144. The lowest BCUT2D eigenvalue weighted by Gasteiger charge is -2.35. The topological polar surface area (TPSA) is 146 Å². The van der Waals surface area contributed by atoms with Crippen LogP contribution in [0.15, 0.2) is 0 Å². The summed E-state index contributed by atoms with van der Waals surface area (Å²) in [6.07, 6.45) is -2.91. The van der Waals surface area contributed by atoms with Gasteiger partial charge in [-0.1, -0.05) is 0 Å². The van der Waals surface area contributed by atoms with E-state index in [1.54, 1.807) is 0 Å². The van der Waals surface area contributed by atoms with Crippen molar-refractivity contribution in [3.05, 3.63) is 0 Å². The van der Waals surface area contributed by atoms with E-state index in [1.807, 2.05) is 0 Å². The van der Waals surface area contributed by atoms with E-state index in [1.165, 1.54) is 7.11 Å². The predicted octanol–water partition coefficient (Wildman–Crippen LogP) is -1.20. The van der Waals surface area contributed by atoms with Crippen LogP contribution >= 0.6 is 0 Å². The van der Waals surface area contributed by atoms with Crippen LogP contribution in [0.2, 0.25) is 0 Å². The molecule has 0 aliphatic carbocycles. The van der Waals surface area contributed by atoms with Gasteiger partial charge in [-0.15, -0.1) is 0 Å². The van der Waals surface area contributed by atoms with Crippen molar-refractivity contribution in [2.75, 3.05) is 20.3 Å². The third kappa shape index (κ3) is 6.09. The molecule has 19 heavy (non-hydrogen) atoms. The van der Waals surface area contributed by atoms with E-state index in [4.69, 9.17) is 18.6 Å². The molecule has 1 unspecified atom stereocenters. The number of ether oxygens (including phenoxy) is 2. The van der Waals surface area contributed by atoms with Crippen LogP contribution in [0.1, 0.15) is 6.42 Å². The van der Waals surface area contributed by atoms with Gasteiger partial charge in [0.05, 0.1) is 12.7 Å². The molecule has 1 saturated heterocycles. The minimum absolute atomic E-state index is 0.142. The summed E-state index contributed by atoms with van der Waals surface area (Å²) in [6, 6.07) is 0. The van der Waals surface area contributed by atoms with Crippen molar-refractivity contribution in [3.63, 3.8) is 0 Å². The van der Waals surface area contributed by atoms with Gasteiger partial charge in [0.2, 0.25) is 0 Å². The molecule has 3 atom stereocenters.